The van der Waals surface area contributed by atoms with Gasteiger partial charge in [-0.1, -0.05) is 88.7 Å². The SMILES string of the molecule is Brc1cccc2cccc(-c3ccc4c(c3)c3ccccc3n4-c3ccccc3)c12. The van der Waals surface area contributed by atoms with Crippen molar-refractivity contribution in [1.82, 2.24) is 4.57 Å². The van der Waals surface area contributed by atoms with Crippen LogP contribution in [0.2, 0.25) is 0 Å². The van der Waals surface area contributed by atoms with Crippen molar-refractivity contribution in [2.75, 3.05) is 0 Å². The molecule has 0 atom stereocenters. The van der Waals surface area contributed by atoms with Crippen molar-refractivity contribution < 1.29 is 0 Å². The summed E-state index contributed by atoms with van der Waals surface area (Å²) in [6.45, 7) is 0. The maximum Gasteiger partial charge on any atom is 0.0541 e. The number of hydrogen-bond acceptors (Lipinski definition) is 0. The molecular weight excluding hydrogens is 430 g/mol. The number of nitrogens with zero attached hydrogens (tertiary/aromatic N) is 1. The summed E-state index contributed by atoms with van der Waals surface area (Å²) < 4.78 is 3.48. The smallest absolute Gasteiger partial charge is 0.0541 e. The lowest BCUT2D eigenvalue weighted by molar-refractivity contribution is 1.18. The van der Waals surface area contributed by atoms with E-state index >= 15 is 0 Å². The van der Waals surface area contributed by atoms with Gasteiger partial charge in [0.05, 0.1) is 11.0 Å². The first-order chi connectivity index (χ1) is 14.8. The molecule has 6 aromatic rings. The van der Waals surface area contributed by atoms with Crippen LogP contribution in [0.3, 0.4) is 0 Å². The van der Waals surface area contributed by atoms with E-state index in [0.29, 0.717) is 0 Å². The Balaban J connectivity index is 1.69. The van der Waals surface area contributed by atoms with Crippen LogP contribution in [0.1, 0.15) is 0 Å². The van der Waals surface area contributed by atoms with Gasteiger partial charge in [-0.05, 0) is 52.9 Å². The number of fused-ring (bicyclic) bond motifs is 4. The van der Waals surface area contributed by atoms with Crippen molar-refractivity contribution in [1.29, 1.82) is 0 Å². The van der Waals surface area contributed by atoms with E-state index in [4.69, 9.17) is 0 Å². The number of rotatable bonds is 2. The van der Waals surface area contributed by atoms with Crippen LogP contribution in [-0.2, 0) is 0 Å². The number of benzene rings is 5. The summed E-state index contributed by atoms with van der Waals surface area (Å²) >= 11 is 3.77. The molecule has 0 amide bonds. The van der Waals surface area contributed by atoms with E-state index in [1.54, 1.807) is 0 Å². The molecule has 1 aromatic heterocycles. The molecule has 0 aliphatic rings. The van der Waals surface area contributed by atoms with Crippen LogP contribution in [0.15, 0.2) is 114 Å². The third-order valence-electron chi connectivity index (χ3n) is 5.85. The van der Waals surface area contributed by atoms with Gasteiger partial charge in [0.2, 0.25) is 0 Å². The van der Waals surface area contributed by atoms with Gasteiger partial charge in [-0.3, -0.25) is 0 Å². The van der Waals surface area contributed by atoms with Gasteiger partial charge in [0.15, 0.2) is 0 Å². The average Bonchev–Trinajstić information content (AvgIpc) is 3.13. The summed E-state index contributed by atoms with van der Waals surface area (Å²) in [5.74, 6) is 0. The molecule has 0 fully saturated rings. The molecule has 0 bridgehead atoms. The van der Waals surface area contributed by atoms with Gasteiger partial charge >= 0.3 is 0 Å². The van der Waals surface area contributed by atoms with Crippen molar-refractivity contribution in [2.45, 2.75) is 0 Å². The quantitative estimate of drug-likeness (QED) is 0.251. The first-order valence-corrected chi connectivity index (χ1v) is 10.9. The summed E-state index contributed by atoms with van der Waals surface area (Å²) in [7, 11) is 0. The van der Waals surface area contributed by atoms with Crippen LogP contribution in [0.25, 0.3) is 49.4 Å². The Hall–Kier alpha value is -3.36. The molecule has 2 heteroatoms. The van der Waals surface area contributed by atoms with E-state index in [2.05, 4.69) is 130 Å². The van der Waals surface area contributed by atoms with Crippen molar-refractivity contribution in [3.63, 3.8) is 0 Å². The molecule has 0 saturated carbocycles. The zero-order valence-electron chi connectivity index (χ0n) is 16.2. The number of aromatic nitrogens is 1. The minimum Gasteiger partial charge on any atom is -0.309 e. The minimum atomic E-state index is 1.13. The Kier molecular flexibility index (Phi) is 4.00. The second-order valence-corrected chi connectivity index (χ2v) is 8.42. The minimum absolute atomic E-state index is 1.13. The normalized spacial score (nSPS) is 11.5. The first kappa shape index (κ1) is 17.5. The molecule has 0 N–H and O–H groups in total. The monoisotopic (exact) mass is 447 g/mol. The number of hydrogen-bond donors (Lipinski definition) is 0. The van der Waals surface area contributed by atoms with Crippen LogP contribution >= 0.6 is 15.9 Å². The summed E-state index contributed by atoms with van der Waals surface area (Å²) in [6.07, 6.45) is 0. The molecule has 0 aliphatic carbocycles. The Bertz CT molecular complexity index is 1540. The lowest BCUT2D eigenvalue weighted by Crippen LogP contribution is -1.92. The largest absolute Gasteiger partial charge is 0.309 e. The predicted octanol–water partition coefficient (Wildman–Crippen LogP) is 8.37. The summed E-state index contributed by atoms with van der Waals surface area (Å²) in [5.41, 5.74) is 6.12. The van der Waals surface area contributed by atoms with Crippen LogP contribution < -0.4 is 0 Å². The highest BCUT2D eigenvalue weighted by molar-refractivity contribution is 9.10. The molecule has 6 rings (SSSR count). The molecule has 142 valence electrons. The zero-order chi connectivity index (χ0) is 20.1. The molecule has 0 radical (unpaired) electrons. The topological polar surface area (TPSA) is 4.93 Å². The van der Waals surface area contributed by atoms with Crippen LogP contribution in [0, 0.1) is 0 Å². The Morgan fingerprint density at radius 1 is 0.567 bits per heavy atom. The van der Waals surface area contributed by atoms with Crippen molar-refractivity contribution in [3.8, 4) is 16.8 Å². The molecule has 0 unspecified atom stereocenters. The summed E-state index contributed by atoms with van der Waals surface area (Å²) in [6, 6.07) is 39.0. The summed E-state index contributed by atoms with van der Waals surface area (Å²) in [4.78, 5) is 0. The Morgan fingerprint density at radius 3 is 2.17 bits per heavy atom. The molecule has 0 spiro atoms. The maximum atomic E-state index is 3.77. The van der Waals surface area contributed by atoms with Crippen molar-refractivity contribution in [2.24, 2.45) is 0 Å². The van der Waals surface area contributed by atoms with Crippen molar-refractivity contribution >= 4 is 48.5 Å². The van der Waals surface area contributed by atoms with E-state index in [9.17, 15) is 0 Å². The molecule has 0 saturated heterocycles. The van der Waals surface area contributed by atoms with Gasteiger partial charge in [0.25, 0.3) is 0 Å². The molecule has 1 heterocycles. The van der Waals surface area contributed by atoms with E-state index in [-0.39, 0.29) is 0 Å². The van der Waals surface area contributed by atoms with E-state index in [1.165, 1.54) is 49.4 Å². The Morgan fingerprint density at radius 2 is 1.30 bits per heavy atom. The maximum absolute atomic E-state index is 3.77. The molecule has 5 aromatic carbocycles. The van der Waals surface area contributed by atoms with E-state index < -0.39 is 0 Å². The fourth-order valence-corrected chi connectivity index (χ4v) is 5.13. The van der Waals surface area contributed by atoms with Crippen LogP contribution in [-0.4, -0.2) is 4.57 Å². The second-order valence-electron chi connectivity index (χ2n) is 7.56. The standard InChI is InChI=1S/C28H18BrN/c29-25-14-7-9-19-8-6-13-22(28(19)25)20-16-17-27-24(18-20)23-12-4-5-15-26(23)30(27)21-10-2-1-3-11-21/h1-18H. The predicted molar refractivity (Wildman–Crippen MR) is 131 cm³/mol. The molecule has 0 aliphatic heterocycles. The average molecular weight is 448 g/mol. The molecular formula is C28H18BrN. The second kappa shape index (κ2) is 6.86. The van der Waals surface area contributed by atoms with Gasteiger partial charge in [-0.2, -0.15) is 0 Å². The number of halogens is 1. The zero-order valence-corrected chi connectivity index (χ0v) is 17.8. The lowest BCUT2D eigenvalue weighted by Gasteiger charge is -2.10. The highest BCUT2D eigenvalue weighted by atomic mass is 79.9. The Labute approximate surface area is 183 Å². The summed E-state index contributed by atoms with van der Waals surface area (Å²) in [5, 5.41) is 5.05. The van der Waals surface area contributed by atoms with Gasteiger partial charge in [-0.25, -0.2) is 0 Å². The molecule has 30 heavy (non-hydrogen) atoms. The third-order valence-corrected chi connectivity index (χ3v) is 6.51. The van der Waals surface area contributed by atoms with Gasteiger partial charge in [0.1, 0.15) is 0 Å². The van der Waals surface area contributed by atoms with E-state index in [0.717, 1.165) is 4.47 Å². The highest BCUT2D eigenvalue weighted by Crippen LogP contribution is 2.38. The number of para-hydroxylation sites is 2. The molecule has 1 nitrogen and oxygen atoms in total. The fraction of sp³-hybridized carbons (Fsp3) is 0. The van der Waals surface area contributed by atoms with Crippen molar-refractivity contribution in [3.05, 3.63) is 114 Å². The first-order valence-electron chi connectivity index (χ1n) is 10.1. The van der Waals surface area contributed by atoms with E-state index in [1.807, 2.05) is 0 Å². The van der Waals surface area contributed by atoms with Gasteiger partial charge in [-0.15, -0.1) is 0 Å². The third kappa shape index (κ3) is 2.61. The fourth-order valence-electron chi connectivity index (χ4n) is 4.53. The van der Waals surface area contributed by atoms with Gasteiger partial charge in [0, 0.05) is 26.3 Å². The van der Waals surface area contributed by atoms with Gasteiger partial charge < -0.3 is 4.57 Å². The van der Waals surface area contributed by atoms with Crippen LogP contribution in [0.5, 0.6) is 0 Å². The van der Waals surface area contributed by atoms with Crippen LogP contribution in [0.4, 0.5) is 0 Å². The highest BCUT2D eigenvalue weighted by Gasteiger charge is 2.14. The lowest BCUT2D eigenvalue weighted by atomic mass is 9.97.